The van der Waals surface area contributed by atoms with Gasteiger partial charge >= 0.3 is 0 Å². The normalized spacial score (nSPS) is 21.8. The topological polar surface area (TPSA) is 52.6 Å². The van der Waals surface area contributed by atoms with Crippen LogP contribution in [0.15, 0.2) is 47.4 Å². The van der Waals surface area contributed by atoms with Gasteiger partial charge in [0, 0.05) is 59.2 Å². The third-order valence-electron chi connectivity index (χ3n) is 7.35. The van der Waals surface area contributed by atoms with Crippen molar-refractivity contribution in [3.8, 4) is 0 Å². The van der Waals surface area contributed by atoms with Crippen molar-refractivity contribution in [1.29, 1.82) is 0 Å². The van der Waals surface area contributed by atoms with Gasteiger partial charge in [-0.15, -0.1) is 11.8 Å². The van der Waals surface area contributed by atoms with E-state index in [0.29, 0.717) is 6.42 Å². The fourth-order valence-corrected chi connectivity index (χ4v) is 6.91. The van der Waals surface area contributed by atoms with E-state index < -0.39 is 6.10 Å². The van der Waals surface area contributed by atoms with Crippen LogP contribution in [-0.2, 0) is 4.79 Å². The van der Waals surface area contributed by atoms with Gasteiger partial charge < -0.3 is 15.3 Å². The van der Waals surface area contributed by atoms with E-state index in [2.05, 4.69) is 84.4 Å². The van der Waals surface area contributed by atoms with Crippen LogP contribution in [-0.4, -0.2) is 42.3 Å². The minimum atomic E-state index is -0.505. The van der Waals surface area contributed by atoms with Crippen LogP contribution in [0.25, 0.3) is 0 Å². The van der Waals surface area contributed by atoms with Crippen LogP contribution in [0, 0.1) is 5.41 Å². The number of rotatable bonds is 11. The number of carbonyl (C=O) groups excluding carboxylic acids is 1. The Morgan fingerprint density at radius 1 is 1.17 bits per heavy atom. The number of anilines is 2. The summed E-state index contributed by atoms with van der Waals surface area (Å²) in [6.07, 6.45) is 6.06. The van der Waals surface area contributed by atoms with Crippen LogP contribution in [0.5, 0.6) is 0 Å². The maximum atomic E-state index is 12.5. The van der Waals surface area contributed by atoms with E-state index in [4.69, 9.17) is 0 Å². The van der Waals surface area contributed by atoms with Gasteiger partial charge in [0.15, 0.2) is 0 Å². The van der Waals surface area contributed by atoms with Crippen molar-refractivity contribution in [2.45, 2.75) is 75.7 Å². The SMILES string of the molecule is CCCC[C@@]1(CC)CSc2ccc(N(C)C)cc2C(c2cccc(NC(=O)CCCCBr)c2)C1O. The molecule has 1 aliphatic rings. The van der Waals surface area contributed by atoms with Crippen LogP contribution in [0.2, 0.25) is 0 Å². The number of nitrogens with one attached hydrogen (secondary N) is 1. The molecule has 0 fully saturated rings. The van der Waals surface area contributed by atoms with Crippen LogP contribution in [0.3, 0.4) is 0 Å². The van der Waals surface area contributed by atoms with Gasteiger partial charge in [0.25, 0.3) is 0 Å². The summed E-state index contributed by atoms with van der Waals surface area (Å²) in [5, 5.41) is 16.1. The average molecular weight is 562 g/mol. The molecule has 6 heteroatoms. The number of fused-ring (bicyclic) bond motifs is 1. The van der Waals surface area contributed by atoms with Gasteiger partial charge in [-0.1, -0.05) is 54.8 Å². The van der Waals surface area contributed by atoms with Gasteiger partial charge in [0.05, 0.1) is 6.10 Å². The average Bonchev–Trinajstić information content (AvgIpc) is 2.97. The zero-order valence-corrected chi connectivity index (χ0v) is 24.1. The summed E-state index contributed by atoms with van der Waals surface area (Å²) < 4.78 is 0. The molecule has 0 saturated heterocycles. The van der Waals surface area contributed by atoms with Gasteiger partial charge in [0.2, 0.25) is 5.91 Å². The fourth-order valence-electron chi connectivity index (χ4n) is 5.03. The Morgan fingerprint density at radius 2 is 1.97 bits per heavy atom. The molecule has 35 heavy (non-hydrogen) atoms. The second-order valence-electron chi connectivity index (χ2n) is 9.97. The highest BCUT2D eigenvalue weighted by Crippen LogP contribution is 2.51. The number of amides is 1. The van der Waals surface area contributed by atoms with Crippen LogP contribution >= 0.6 is 27.7 Å². The molecule has 4 nitrogen and oxygen atoms in total. The third-order valence-corrected chi connectivity index (χ3v) is 9.32. The Labute approximate surface area is 224 Å². The molecule has 2 N–H and O–H groups in total. The molecule has 1 amide bonds. The standard InChI is InChI=1S/C29H41BrN2O2S/c1-5-7-16-29(6-2)20-35-25-15-14-23(32(3)4)19-24(25)27(28(29)34)21-11-10-12-22(18-21)31-26(33)13-8-9-17-30/h10-12,14-15,18-19,27-28,34H,5-9,13,16-17,20H2,1-4H3,(H,31,33)/t27?,28?,29-/m0/s1. The highest BCUT2D eigenvalue weighted by atomic mass is 79.9. The van der Waals surface area contributed by atoms with Crippen molar-refractivity contribution < 1.29 is 9.90 Å². The Morgan fingerprint density at radius 3 is 2.66 bits per heavy atom. The molecule has 0 bridgehead atoms. The molecule has 0 aliphatic carbocycles. The van der Waals surface area contributed by atoms with Crippen LogP contribution < -0.4 is 10.2 Å². The van der Waals surface area contributed by atoms with Gasteiger partial charge in [0.1, 0.15) is 0 Å². The lowest BCUT2D eigenvalue weighted by Gasteiger charge is -2.40. The van der Waals surface area contributed by atoms with Crippen molar-refractivity contribution in [2.24, 2.45) is 5.41 Å². The molecule has 1 heterocycles. The monoisotopic (exact) mass is 560 g/mol. The van der Waals surface area contributed by atoms with Crippen molar-refractivity contribution >= 4 is 45.0 Å². The van der Waals surface area contributed by atoms with Crippen molar-refractivity contribution in [3.05, 3.63) is 53.6 Å². The minimum absolute atomic E-state index is 0.0428. The van der Waals surface area contributed by atoms with Gasteiger partial charge in [-0.05, 0) is 67.1 Å². The number of carbonyl (C=O) groups is 1. The van der Waals surface area contributed by atoms with E-state index in [1.807, 2.05) is 23.9 Å². The Hall–Kier alpha value is -1.50. The molecule has 3 atom stereocenters. The second kappa shape index (κ2) is 13.2. The molecule has 0 radical (unpaired) electrons. The first-order chi connectivity index (χ1) is 16.8. The summed E-state index contributed by atoms with van der Waals surface area (Å²) in [5.74, 6) is 0.808. The zero-order valence-electron chi connectivity index (χ0n) is 21.6. The lowest BCUT2D eigenvalue weighted by atomic mass is 9.69. The molecular weight excluding hydrogens is 520 g/mol. The van der Waals surface area contributed by atoms with Crippen LogP contribution in [0.1, 0.15) is 75.8 Å². The van der Waals surface area contributed by atoms with E-state index in [-0.39, 0.29) is 17.2 Å². The Bertz CT molecular complexity index is 983. The summed E-state index contributed by atoms with van der Waals surface area (Å²) >= 11 is 5.32. The first-order valence-electron chi connectivity index (χ1n) is 12.9. The van der Waals surface area contributed by atoms with E-state index in [1.54, 1.807) is 0 Å². The molecule has 2 unspecified atom stereocenters. The number of aliphatic hydroxyl groups is 1. The molecule has 0 saturated carbocycles. The number of benzene rings is 2. The molecule has 2 aromatic rings. The number of hydrogen-bond acceptors (Lipinski definition) is 4. The molecular formula is C29H41BrN2O2S. The summed E-state index contributed by atoms with van der Waals surface area (Å²) in [5.41, 5.74) is 4.02. The van der Waals surface area contributed by atoms with Crippen molar-refractivity contribution in [2.75, 3.05) is 35.4 Å². The maximum Gasteiger partial charge on any atom is 0.224 e. The van der Waals surface area contributed by atoms with Gasteiger partial charge in [-0.3, -0.25) is 4.79 Å². The molecule has 2 aromatic carbocycles. The quantitative estimate of drug-likeness (QED) is 0.221. The first-order valence-corrected chi connectivity index (χ1v) is 15.0. The lowest BCUT2D eigenvalue weighted by molar-refractivity contribution is -0.116. The van der Waals surface area contributed by atoms with E-state index in [0.717, 1.165) is 66.5 Å². The smallest absolute Gasteiger partial charge is 0.224 e. The molecule has 0 aromatic heterocycles. The highest BCUT2D eigenvalue weighted by molar-refractivity contribution is 9.09. The highest BCUT2D eigenvalue weighted by Gasteiger charge is 2.44. The number of halogens is 1. The van der Waals surface area contributed by atoms with Gasteiger partial charge in [-0.25, -0.2) is 0 Å². The maximum absolute atomic E-state index is 12.5. The fraction of sp³-hybridized carbons (Fsp3) is 0.552. The van der Waals surface area contributed by atoms with Gasteiger partial charge in [-0.2, -0.15) is 0 Å². The molecule has 192 valence electrons. The first kappa shape index (κ1) is 28.1. The molecule has 1 aliphatic heterocycles. The number of thioether (sulfide) groups is 1. The number of alkyl halides is 1. The zero-order chi connectivity index (χ0) is 25.4. The third kappa shape index (κ3) is 6.84. The van der Waals surface area contributed by atoms with E-state index in [1.165, 1.54) is 10.5 Å². The number of aliphatic hydroxyl groups excluding tert-OH is 1. The minimum Gasteiger partial charge on any atom is -0.392 e. The number of unbranched alkanes of at least 4 members (excludes halogenated alkanes) is 2. The predicted molar refractivity (Wildman–Crippen MR) is 154 cm³/mol. The summed E-state index contributed by atoms with van der Waals surface area (Å²) in [6.45, 7) is 4.44. The molecule has 3 rings (SSSR count). The molecule has 0 spiro atoms. The lowest BCUT2D eigenvalue weighted by Crippen LogP contribution is -2.40. The summed E-state index contributed by atoms with van der Waals surface area (Å²) in [6, 6.07) is 14.8. The largest absolute Gasteiger partial charge is 0.392 e. The van der Waals surface area contributed by atoms with Crippen molar-refractivity contribution in [3.63, 3.8) is 0 Å². The van der Waals surface area contributed by atoms with E-state index >= 15 is 0 Å². The number of nitrogens with zero attached hydrogens (tertiary/aromatic N) is 1. The number of hydrogen-bond donors (Lipinski definition) is 2. The second-order valence-corrected chi connectivity index (χ2v) is 11.8. The Balaban J connectivity index is 2.04. The summed E-state index contributed by atoms with van der Waals surface area (Å²) in [7, 11) is 4.11. The summed E-state index contributed by atoms with van der Waals surface area (Å²) in [4.78, 5) is 15.9. The van der Waals surface area contributed by atoms with Crippen molar-refractivity contribution in [1.82, 2.24) is 0 Å². The predicted octanol–water partition coefficient (Wildman–Crippen LogP) is 7.44. The Kier molecular flexibility index (Phi) is 10.6. The van der Waals surface area contributed by atoms with E-state index in [9.17, 15) is 9.90 Å². The van der Waals surface area contributed by atoms with Crippen LogP contribution in [0.4, 0.5) is 11.4 Å².